The lowest BCUT2D eigenvalue weighted by atomic mass is 10.2. The molecule has 1 aliphatic heterocycles. The first-order valence-corrected chi connectivity index (χ1v) is 9.09. The van der Waals surface area contributed by atoms with Gasteiger partial charge in [0.25, 0.3) is 5.91 Å². The molecule has 0 radical (unpaired) electrons. The van der Waals surface area contributed by atoms with E-state index in [9.17, 15) is 9.59 Å². The van der Waals surface area contributed by atoms with Gasteiger partial charge in [0.15, 0.2) is 6.10 Å². The Morgan fingerprint density at radius 1 is 1.15 bits per heavy atom. The maximum atomic E-state index is 12.6. The lowest BCUT2D eigenvalue weighted by molar-refractivity contribution is -0.149. The minimum Gasteiger partial charge on any atom is -0.494 e. The molecule has 0 aromatic heterocycles. The lowest BCUT2D eigenvalue weighted by Crippen LogP contribution is -2.38. The molecule has 3 rings (SSSR count). The van der Waals surface area contributed by atoms with Crippen LogP contribution < -0.4 is 9.64 Å². The zero-order chi connectivity index (χ0) is 19.2. The molecule has 140 valence electrons. The average molecular weight is 365 g/mol. The van der Waals surface area contributed by atoms with E-state index in [4.69, 9.17) is 9.47 Å². The molecule has 0 bridgehead atoms. The fraction of sp³-hybridized carbons (Fsp3) is 0.273. The molecule has 0 fully saturated rings. The second kappa shape index (κ2) is 8.54. The van der Waals surface area contributed by atoms with Crippen molar-refractivity contribution >= 4 is 23.6 Å². The van der Waals surface area contributed by atoms with Gasteiger partial charge in [-0.15, -0.1) is 0 Å². The molecule has 0 saturated carbocycles. The van der Waals surface area contributed by atoms with Crippen molar-refractivity contribution in [1.82, 2.24) is 0 Å². The molecule has 27 heavy (non-hydrogen) atoms. The fourth-order valence-corrected chi connectivity index (χ4v) is 3.06. The molecule has 5 heteroatoms. The Balaban J connectivity index is 1.56. The number of hydrogen-bond donors (Lipinski definition) is 0. The highest BCUT2D eigenvalue weighted by atomic mass is 16.5. The third-order valence-electron chi connectivity index (χ3n) is 4.40. The quantitative estimate of drug-likeness (QED) is 0.580. The number of anilines is 1. The number of hydrogen-bond acceptors (Lipinski definition) is 4. The van der Waals surface area contributed by atoms with E-state index in [2.05, 4.69) is 0 Å². The first-order chi connectivity index (χ1) is 13.1. The summed E-state index contributed by atoms with van der Waals surface area (Å²) >= 11 is 0. The Labute approximate surface area is 159 Å². The zero-order valence-corrected chi connectivity index (χ0v) is 15.6. The largest absolute Gasteiger partial charge is 0.494 e. The first kappa shape index (κ1) is 18.7. The van der Waals surface area contributed by atoms with Crippen LogP contribution in [0.4, 0.5) is 5.69 Å². The minimum atomic E-state index is -0.839. The summed E-state index contributed by atoms with van der Waals surface area (Å²) in [6, 6.07) is 15.2. The Hall–Kier alpha value is -3.08. The highest BCUT2D eigenvalue weighted by molar-refractivity contribution is 6.00. The monoisotopic (exact) mass is 365 g/mol. The van der Waals surface area contributed by atoms with Crippen molar-refractivity contribution in [2.24, 2.45) is 0 Å². The zero-order valence-electron chi connectivity index (χ0n) is 15.6. The van der Waals surface area contributed by atoms with E-state index in [0.29, 0.717) is 13.2 Å². The van der Waals surface area contributed by atoms with Crippen LogP contribution in [0.25, 0.3) is 6.08 Å². The summed E-state index contributed by atoms with van der Waals surface area (Å²) in [5.74, 6) is 0.0299. The van der Waals surface area contributed by atoms with Crippen LogP contribution in [-0.2, 0) is 20.7 Å². The molecular weight excluding hydrogens is 342 g/mol. The summed E-state index contributed by atoms with van der Waals surface area (Å²) < 4.78 is 10.7. The average Bonchev–Trinajstić information content (AvgIpc) is 3.11. The van der Waals surface area contributed by atoms with Crippen LogP contribution in [0, 0.1) is 0 Å². The summed E-state index contributed by atoms with van der Waals surface area (Å²) in [7, 11) is 0. The number of benzene rings is 2. The number of fused-ring (bicyclic) bond motifs is 1. The Morgan fingerprint density at radius 3 is 2.63 bits per heavy atom. The molecule has 0 saturated heterocycles. The van der Waals surface area contributed by atoms with E-state index in [0.717, 1.165) is 29.0 Å². The number of nitrogens with zero attached hydrogens (tertiary/aromatic N) is 1. The Morgan fingerprint density at radius 2 is 1.89 bits per heavy atom. The molecule has 1 atom stereocenters. The van der Waals surface area contributed by atoms with Gasteiger partial charge in [-0.1, -0.05) is 30.3 Å². The van der Waals surface area contributed by atoms with Gasteiger partial charge in [0.05, 0.1) is 6.61 Å². The second-order valence-electron chi connectivity index (χ2n) is 6.28. The molecule has 1 amide bonds. The SMILES string of the molecule is CCOc1ccc(/C=C/C(=O)OC(C)C(=O)N2CCc3ccccc32)cc1. The van der Waals surface area contributed by atoms with Crippen molar-refractivity contribution in [2.75, 3.05) is 18.1 Å². The van der Waals surface area contributed by atoms with E-state index < -0.39 is 12.1 Å². The van der Waals surface area contributed by atoms with Gasteiger partial charge in [0.1, 0.15) is 5.75 Å². The van der Waals surface area contributed by atoms with Gasteiger partial charge in [-0.3, -0.25) is 4.79 Å². The molecule has 1 heterocycles. The Bertz CT molecular complexity index is 842. The maximum absolute atomic E-state index is 12.6. The van der Waals surface area contributed by atoms with Gasteiger partial charge in [-0.25, -0.2) is 4.79 Å². The van der Waals surface area contributed by atoms with Gasteiger partial charge >= 0.3 is 5.97 Å². The fourth-order valence-electron chi connectivity index (χ4n) is 3.06. The van der Waals surface area contributed by atoms with Crippen LogP contribution in [0.15, 0.2) is 54.6 Å². The Kier molecular flexibility index (Phi) is 5.91. The summed E-state index contributed by atoms with van der Waals surface area (Å²) in [6.07, 6.45) is 2.96. The van der Waals surface area contributed by atoms with E-state index in [1.54, 1.807) is 17.9 Å². The van der Waals surface area contributed by atoms with Crippen molar-refractivity contribution in [3.8, 4) is 5.75 Å². The van der Waals surface area contributed by atoms with E-state index in [-0.39, 0.29) is 5.91 Å². The summed E-state index contributed by atoms with van der Waals surface area (Å²) in [6.45, 7) is 4.75. The third kappa shape index (κ3) is 4.56. The molecule has 0 N–H and O–H groups in total. The second-order valence-corrected chi connectivity index (χ2v) is 6.28. The number of rotatable bonds is 6. The molecule has 1 aliphatic rings. The molecule has 0 aliphatic carbocycles. The van der Waals surface area contributed by atoms with Gasteiger partial charge in [-0.05, 0) is 55.7 Å². The third-order valence-corrected chi connectivity index (χ3v) is 4.40. The summed E-state index contributed by atoms with van der Waals surface area (Å²) in [5, 5.41) is 0. The molecule has 2 aromatic rings. The predicted octanol–water partition coefficient (Wildman–Crippen LogP) is 3.62. The van der Waals surface area contributed by atoms with Gasteiger partial charge < -0.3 is 14.4 Å². The van der Waals surface area contributed by atoms with Crippen molar-refractivity contribution in [2.45, 2.75) is 26.4 Å². The topological polar surface area (TPSA) is 55.8 Å². The van der Waals surface area contributed by atoms with E-state index in [1.165, 1.54) is 6.08 Å². The van der Waals surface area contributed by atoms with Crippen LogP contribution in [0.3, 0.4) is 0 Å². The summed E-state index contributed by atoms with van der Waals surface area (Å²) in [5.41, 5.74) is 2.89. The molecular formula is C22H23NO4. The summed E-state index contributed by atoms with van der Waals surface area (Å²) in [4.78, 5) is 26.4. The van der Waals surface area contributed by atoms with Gasteiger partial charge in [0, 0.05) is 18.3 Å². The highest BCUT2D eigenvalue weighted by Crippen LogP contribution is 2.28. The number of esters is 1. The van der Waals surface area contributed by atoms with Crippen molar-refractivity contribution in [3.05, 3.63) is 65.7 Å². The predicted molar refractivity (Wildman–Crippen MR) is 105 cm³/mol. The highest BCUT2D eigenvalue weighted by Gasteiger charge is 2.29. The number of carbonyl (C=O) groups is 2. The molecule has 5 nitrogen and oxygen atoms in total. The standard InChI is InChI=1S/C22H23NO4/c1-3-26-19-11-8-17(9-12-19)10-13-21(24)27-16(2)22(25)23-15-14-18-6-4-5-7-20(18)23/h4-13,16H,3,14-15H2,1-2H3/b13-10+. The van der Waals surface area contributed by atoms with E-state index in [1.807, 2.05) is 55.5 Å². The number of para-hydroxylation sites is 1. The lowest BCUT2D eigenvalue weighted by Gasteiger charge is -2.21. The van der Waals surface area contributed by atoms with Crippen molar-refractivity contribution in [3.63, 3.8) is 0 Å². The van der Waals surface area contributed by atoms with Crippen molar-refractivity contribution in [1.29, 1.82) is 0 Å². The molecule has 1 unspecified atom stereocenters. The minimum absolute atomic E-state index is 0.206. The van der Waals surface area contributed by atoms with Crippen molar-refractivity contribution < 1.29 is 19.1 Å². The van der Waals surface area contributed by atoms with Crippen LogP contribution in [0.2, 0.25) is 0 Å². The van der Waals surface area contributed by atoms with Gasteiger partial charge in [0.2, 0.25) is 0 Å². The smallest absolute Gasteiger partial charge is 0.331 e. The molecule has 0 spiro atoms. The normalized spacial score (nSPS) is 14.1. The number of amides is 1. The van der Waals surface area contributed by atoms with E-state index >= 15 is 0 Å². The van der Waals surface area contributed by atoms with Crippen LogP contribution in [0.5, 0.6) is 5.75 Å². The maximum Gasteiger partial charge on any atom is 0.331 e. The van der Waals surface area contributed by atoms with Crippen LogP contribution >= 0.6 is 0 Å². The first-order valence-electron chi connectivity index (χ1n) is 9.09. The van der Waals surface area contributed by atoms with Gasteiger partial charge in [-0.2, -0.15) is 0 Å². The van der Waals surface area contributed by atoms with Crippen LogP contribution in [0.1, 0.15) is 25.0 Å². The number of carbonyl (C=O) groups excluding carboxylic acids is 2. The number of ether oxygens (including phenoxy) is 2. The molecule has 2 aromatic carbocycles. The van der Waals surface area contributed by atoms with Crippen LogP contribution in [-0.4, -0.2) is 31.1 Å².